The van der Waals surface area contributed by atoms with Gasteiger partial charge in [-0.15, -0.1) is 0 Å². The molecule has 0 saturated heterocycles. The molecule has 0 spiro atoms. The molecule has 0 radical (unpaired) electrons. The van der Waals surface area contributed by atoms with Gasteiger partial charge in [-0.25, -0.2) is 0 Å². The van der Waals surface area contributed by atoms with Crippen LogP contribution in [0.5, 0.6) is 5.75 Å². The van der Waals surface area contributed by atoms with Crippen LogP contribution < -0.4 is 4.74 Å². The Kier molecular flexibility index (Phi) is 11.5. The predicted octanol–water partition coefficient (Wildman–Crippen LogP) is 6.34. The highest BCUT2D eigenvalue weighted by Crippen LogP contribution is 2.25. The number of rotatable bonds is 14. The molecule has 0 aliphatic rings. The Balaban J connectivity index is 2.18. The summed E-state index contributed by atoms with van der Waals surface area (Å²) in [6.07, 6.45) is 16.0. The summed E-state index contributed by atoms with van der Waals surface area (Å²) in [6, 6.07) is 7.40. The Morgan fingerprint density at radius 1 is 1.00 bits per heavy atom. The molecule has 1 N–H and O–H groups in total. The van der Waals surface area contributed by atoms with Crippen molar-refractivity contribution >= 4 is 5.97 Å². The number of aliphatic carboxylic acids is 1. The van der Waals surface area contributed by atoms with E-state index in [1.807, 2.05) is 24.3 Å². The standard InChI is InChI=1S/C22H34O3/c1-3-4-5-6-7-8-9-10-11-12-13-14-21(22(23)24)19-15-17-20(25-2)18-16-19/h5-6,15-18,21H,3-4,7-14H2,1-2H3,(H,23,24). The predicted molar refractivity (Wildman–Crippen MR) is 104 cm³/mol. The van der Waals surface area contributed by atoms with Gasteiger partial charge in [0.15, 0.2) is 0 Å². The molecule has 25 heavy (non-hydrogen) atoms. The summed E-state index contributed by atoms with van der Waals surface area (Å²) in [4.78, 5) is 11.5. The minimum atomic E-state index is -0.732. The van der Waals surface area contributed by atoms with E-state index >= 15 is 0 Å². The minimum absolute atomic E-state index is 0.408. The van der Waals surface area contributed by atoms with Crippen LogP contribution in [0.1, 0.15) is 82.6 Å². The highest BCUT2D eigenvalue weighted by atomic mass is 16.5. The molecule has 1 rings (SSSR count). The van der Waals surface area contributed by atoms with E-state index in [0.717, 1.165) is 24.2 Å². The van der Waals surface area contributed by atoms with E-state index in [4.69, 9.17) is 4.74 Å². The second-order valence-electron chi connectivity index (χ2n) is 6.62. The molecule has 0 saturated carbocycles. The van der Waals surface area contributed by atoms with Gasteiger partial charge in [0.2, 0.25) is 0 Å². The first-order valence-corrected chi connectivity index (χ1v) is 9.70. The molecule has 140 valence electrons. The Labute approximate surface area is 153 Å². The van der Waals surface area contributed by atoms with Crippen molar-refractivity contribution in [2.75, 3.05) is 7.11 Å². The molecular formula is C22H34O3. The highest BCUT2D eigenvalue weighted by Gasteiger charge is 2.19. The minimum Gasteiger partial charge on any atom is -0.497 e. The fourth-order valence-electron chi connectivity index (χ4n) is 2.99. The Morgan fingerprint density at radius 2 is 1.60 bits per heavy atom. The average molecular weight is 347 g/mol. The van der Waals surface area contributed by atoms with Gasteiger partial charge in [-0.3, -0.25) is 4.79 Å². The number of benzene rings is 1. The van der Waals surface area contributed by atoms with Crippen LogP contribution in [0.3, 0.4) is 0 Å². The van der Waals surface area contributed by atoms with Crippen molar-refractivity contribution in [1.29, 1.82) is 0 Å². The normalized spacial score (nSPS) is 12.4. The van der Waals surface area contributed by atoms with E-state index < -0.39 is 11.9 Å². The lowest BCUT2D eigenvalue weighted by Crippen LogP contribution is -2.11. The van der Waals surface area contributed by atoms with Crippen molar-refractivity contribution < 1.29 is 14.6 Å². The molecule has 3 heteroatoms. The summed E-state index contributed by atoms with van der Waals surface area (Å²) in [5.74, 6) is -0.379. The van der Waals surface area contributed by atoms with Gasteiger partial charge in [0.25, 0.3) is 0 Å². The van der Waals surface area contributed by atoms with Crippen molar-refractivity contribution in [2.45, 2.75) is 77.0 Å². The first-order valence-electron chi connectivity index (χ1n) is 9.70. The summed E-state index contributed by atoms with van der Waals surface area (Å²) < 4.78 is 5.13. The molecule has 1 aromatic carbocycles. The molecule has 0 fully saturated rings. The molecule has 0 aromatic heterocycles. The number of ether oxygens (including phenoxy) is 1. The van der Waals surface area contributed by atoms with E-state index in [0.29, 0.717) is 6.42 Å². The third-order valence-electron chi connectivity index (χ3n) is 4.55. The molecule has 0 bridgehead atoms. The van der Waals surface area contributed by atoms with Crippen LogP contribution >= 0.6 is 0 Å². The summed E-state index contributed by atoms with van der Waals surface area (Å²) >= 11 is 0. The molecule has 3 nitrogen and oxygen atoms in total. The molecular weight excluding hydrogens is 312 g/mol. The summed E-state index contributed by atoms with van der Waals surface area (Å²) in [5.41, 5.74) is 0.868. The topological polar surface area (TPSA) is 46.5 Å². The fraction of sp³-hybridized carbons (Fsp3) is 0.591. The lowest BCUT2D eigenvalue weighted by Gasteiger charge is -2.13. The zero-order chi connectivity index (χ0) is 18.3. The monoisotopic (exact) mass is 346 g/mol. The Bertz CT molecular complexity index is 490. The third-order valence-corrected chi connectivity index (χ3v) is 4.55. The molecule has 0 aliphatic carbocycles. The van der Waals surface area contributed by atoms with Gasteiger partial charge < -0.3 is 9.84 Å². The average Bonchev–Trinajstić information content (AvgIpc) is 2.62. The van der Waals surface area contributed by atoms with Gasteiger partial charge >= 0.3 is 5.97 Å². The zero-order valence-electron chi connectivity index (χ0n) is 15.9. The Hall–Kier alpha value is -1.77. The molecule has 1 atom stereocenters. The lowest BCUT2D eigenvalue weighted by atomic mass is 9.93. The largest absolute Gasteiger partial charge is 0.497 e. The zero-order valence-corrected chi connectivity index (χ0v) is 15.9. The molecule has 1 unspecified atom stereocenters. The van der Waals surface area contributed by atoms with Gasteiger partial charge in [-0.05, 0) is 43.4 Å². The Morgan fingerprint density at radius 3 is 2.20 bits per heavy atom. The van der Waals surface area contributed by atoms with Crippen molar-refractivity contribution in [3.05, 3.63) is 42.0 Å². The maximum absolute atomic E-state index is 11.5. The van der Waals surface area contributed by atoms with Gasteiger partial charge in [-0.2, -0.15) is 0 Å². The van der Waals surface area contributed by atoms with Crippen LogP contribution in [0.2, 0.25) is 0 Å². The first kappa shape index (κ1) is 21.3. The van der Waals surface area contributed by atoms with E-state index in [-0.39, 0.29) is 0 Å². The van der Waals surface area contributed by atoms with Gasteiger partial charge in [0, 0.05) is 0 Å². The number of hydrogen-bond donors (Lipinski definition) is 1. The molecule has 0 aliphatic heterocycles. The fourth-order valence-corrected chi connectivity index (χ4v) is 2.99. The van der Waals surface area contributed by atoms with Gasteiger partial charge in [-0.1, -0.05) is 69.7 Å². The number of hydrogen-bond acceptors (Lipinski definition) is 2. The number of methoxy groups -OCH3 is 1. The maximum Gasteiger partial charge on any atom is 0.310 e. The number of carboxylic acids is 1. The van der Waals surface area contributed by atoms with Crippen molar-refractivity contribution in [2.24, 2.45) is 0 Å². The number of unbranched alkanes of at least 4 members (excludes halogenated alkanes) is 7. The van der Waals surface area contributed by atoms with Gasteiger partial charge in [0.05, 0.1) is 13.0 Å². The smallest absolute Gasteiger partial charge is 0.310 e. The SMILES string of the molecule is CCCC=CCCCCCCCCC(C(=O)O)c1ccc(OC)cc1. The maximum atomic E-state index is 11.5. The number of allylic oxidation sites excluding steroid dienone is 2. The van der Waals surface area contributed by atoms with Crippen LogP contribution in [-0.2, 0) is 4.79 Å². The van der Waals surface area contributed by atoms with Crippen LogP contribution in [0.25, 0.3) is 0 Å². The van der Waals surface area contributed by atoms with E-state index in [2.05, 4.69) is 19.1 Å². The second-order valence-corrected chi connectivity index (χ2v) is 6.62. The summed E-state index contributed by atoms with van der Waals surface area (Å²) in [6.45, 7) is 2.20. The van der Waals surface area contributed by atoms with Crippen LogP contribution in [-0.4, -0.2) is 18.2 Å². The van der Waals surface area contributed by atoms with E-state index in [1.54, 1.807) is 7.11 Å². The van der Waals surface area contributed by atoms with Crippen molar-refractivity contribution in [3.63, 3.8) is 0 Å². The summed E-state index contributed by atoms with van der Waals surface area (Å²) in [7, 11) is 1.62. The quantitative estimate of drug-likeness (QED) is 0.316. The van der Waals surface area contributed by atoms with Crippen molar-refractivity contribution in [3.8, 4) is 5.75 Å². The van der Waals surface area contributed by atoms with E-state index in [1.165, 1.54) is 44.9 Å². The highest BCUT2D eigenvalue weighted by molar-refractivity contribution is 5.76. The van der Waals surface area contributed by atoms with Crippen LogP contribution in [0.4, 0.5) is 0 Å². The number of carboxylic acid groups (broad SMARTS) is 1. The molecule has 0 amide bonds. The molecule has 1 aromatic rings. The second kappa shape index (κ2) is 13.5. The third kappa shape index (κ3) is 9.33. The first-order chi connectivity index (χ1) is 12.2. The lowest BCUT2D eigenvalue weighted by molar-refractivity contribution is -0.139. The van der Waals surface area contributed by atoms with Gasteiger partial charge in [0.1, 0.15) is 5.75 Å². The summed E-state index contributed by atoms with van der Waals surface area (Å²) in [5, 5.41) is 9.48. The molecule has 0 heterocycles. The van der Waals surface area contributed by atoms with Crippen LogP contribution in [0.15, 0.2) is 36.4 Å². The van der Waals surface area contributed by atoms with Crippen LogP contribution in [0, 0.1) is 0 Å². The van der Waals surface area contributed by atoms with E-state index in [9.17, 15) is 9.90 Å². The number of carbonyl (C=O) groups is 1. The van der Waals surface area contributed by atoms with Crippen molar-refractivity contribution in [1.82, 2.24) is 0 Å².